The third-order valence-corrected chi connectivity index (χ3v) is 4.90. The first-order valence-electron chi connectivity index (χ1n) is 8.55. The van der Waals surface area contributed by atoms with E-state index in [2.05, 4.69) is 26.0 Å². The Morgan fingerprint density at radius 2 is 2.11 bits per heavy atom. The van der Waals surface area contributed by atoms with Gasteiger partial charge in [-0.15, -0.1) is 0 Å². The molecule has 1 aromatic heterocycles. The zero-order valence-corrected chi connectivity index (χ0v) is 16.8. The van der Waals surface area contributed by atoms with Crippen LogP contribution in [0.5, 0.6) is 5.75 Å². The van der Waals surface area contributed by atoms with Crippen molar-refractivity contribution in [2.24, 2.45) is 5.10 Å². The van der Waals surface area contributed by atoms with Gasteiger partial charge in [-0.05, 0) is 36.8 Å². The van der Waals surface area contributed by atoms with Crippen LogP contribution in [-0.2, 0) is 0 Å². The summed E-state index contributed by atoms with van der Waals surface area (Å²) in [6.07, 6.45) is 2.10. The van der Waals surface area contributed by atoms with E-state index in [1.165, 1.54) is 29.1 Å². The SMILES string of the molecule is CC[C@H](C)c1nc2ccc(Br)cc2c(=O)n1N=Cc1ccc(O)c([N+](=O)[O-])c1. The summed E-state index contributed by atoms with van der Waals surface area (Å²) in [6, 6.07) is 9.15. The fraction of sp³-hybridized carbons (Fsp3) is 0.211. The topological polar surface area (TPSA) is 111 Å². The molecule has 0 bridgehead atoms. The lowest BCUT2D eigenvalue weighted by Crippen LogP contribution is -2.23. The van der Waals surface area contributed by atoms with Crippen molar-refractivity contribution in [2.75, 3.05) is 0 Å². The smallest absolute Gasteiger partial charge is 0.311 e. The van der Waals surface area contributed by atoms with Crippen molar-refractivity contribution in [3.63, 3.8) is 0 Å². The number of phenols is 1. The monoisotopic (exact) mass is 444 g/mol. The van der Waals surface area contributed by atoms with Crippen LogP contribution < -0.4 is 5.56 Å². The Bertz CT molecular complexity index is 1160. The van der Waals surface area contributed by atoms with Gasteiger partial charge in [0, 0.05) is 22.0 Å². The number of nitro benzene ring substituents is 1. The first kappa shape index (κ1) is 19.7. The first-order chi connectivity index (χ1) is 13.3. The molecule has 3 rings (SSSR count). The van der Waals surface area contributed by atoms with Crippen molar-refractivity contribution in [1.29, 1.82) is 0 Å². The fourth-order valence-electron chi connectivity index (χ4n) is 2.67. The lowest BCUT2D eigenvalue weighted by Gasteiger charge is -2.13. The van der Waals surface area contributed by atoms with Gasteiger partial charge < -0.3 is 5.11 Å². The molecule has 2 aromatic carbocycles. The zero-order chi connectivity index (χ0) is 20.4. The Morgan fingerprint density at radius 1 is 1.36 bits per heavy atom. The van der Waals surface area contributed by atoms with Crippen LogP contribution in [0.25, 0.3) is 10.9 Å². The number of hydrogen-bond acceptors (Lipinski definition) is 6. The molecule has 0 spiro atoms. The predicted octanol–water partition coefficient (Wildman–Crippen LogP) is 4.17. The van der Waals surface area contributed by atoms with Gasteiger partial charge >= 0.3 is 5.69 Å². The molecule has 1 N–H and O–H groups in total. The average Bonchev–Trinajstić information content (AvgIpc) is 2.67. The van der Waals surface area contributed by atoms with E-state index in [4.69, 9.17) is 0 Å². The molecule has 0 fully saturated rings. The molecule has 1 heterocycles. The highest BCUT2D eigenvalue weighted by Crippen LogP contribution is 2.26. The molecule has 1 atom stereocenters. The van der Waals surface area contributed by atoms with Gasteiger partial charge in [0.05, 0.1) is 22.0 Å². The van der Waals surface area contributed by atoms with E-state index < -0.39 is 16.4 Å². The molecule has 3 aromatic rings. The quantitative estimate of drug-likeness (QED) is 0.360. The molecule has 0 saturated carbocycles. The molecule has 28 heavy (non-hydrogen) atoms. The van der Waals surface area contributed by atoms with Crippen LogP contribution in [0.15, 0.2) is 50.8 Å². The number of halogens is 1. The maximum Gasteiger partial charge on any atom is 0.311 e. The minimum atomic E-state index is -0.682. The molecule has 0 amide bonds. The van der Waals surface area contributed by atoms with Gasteiger partial charge in [-0.25, -0.2) is 4.98 Å². The number of aromatic nitrogens is 2. The number of nitrogens with zero attached hydrogens (tertiary/aromatic N) is 4. The van der Waals surface area contributed by atoms with Gasteiger partial charge in [-0.2, -0.15) is 9.78 Å². The second-order valence-corrected chi connectivity index (χ2v) is 7.22. The summed E-state index contributed by atoms with van der Waals surface area (Å²) in [4.78, 5) is 27.9. The van der Waals surface area contributed by atoms with E-state index in [0.29, 0.717) is 22.3 Å². The van der Waals surface area contributed by atoms with Crippen LogP contribution in [0.3, 0.4) is 0 Å². The van der Waals surface area contributed by atoms with Gasteiger partial charge in [0.25, 0.3) is 5.56 Å². The van der Waals surface area contributed by atoms with E-state index in [1.54, 1.807) is 12.1 Å². The van der Waals surface area contributed by atoms with E-state index in [-0.39, 0.29) is 11.5 Å². The summed E-state index contributed by atoms with van der Waals surface area (Å²) in [5.41, 5.74) is 0.196. The molecule has 9 heteroatoms. The second-order valence-electron chi connectivity index (χ2n) is 6.31. The highest BCUT2D eigenvalue weighted by Gasteiger charge is 2.16. The minimum Gasteiger partial charge on any atom is -0.502 e. The number of hydrogen-bond donors (Lipinski definition) is 1. The zero-order valence-electron chi connectivity index (χ0n) is 15.2. The predicted molar refractivity (Wildman–Crippen MR) is 110 cm³/mol. The Labute approximate surface area is 168 Å². The summed E-state index contributed by atoms with van der Waals surface area (Å²) in [5, 5.41) is 25.2. The molecule has 0 aliphatic rings. The van der Waals surface area contributed by atoms with Gasteiger partial charge in [0.2, 0.25) is 0 Å². The third-order valence-electron chi connectivity index (χ3n) is 4.40. The highest BCUT2D eigenvalue weighted by atomic mass is 79.9. The summed E-state index contributed by atoms with van der Waals surface area (Å²) in [7, 11) is 0. The van der Waals surface area contributed by atoms with Gasteiger partial charge in [-0.3, -0.25) is 14.9 Å². The lowest BCUT2D eigenvalue weighted by atomic mass is 10.1. The van der Waals surface area contributed by atoms with Crippen LogP contribution in [-0.4, -0.2) is 25.9 Å². The van der Waals surface area contributed by atoms with Crippen LogP contribution in [0, 0.1) is 10.1 Å². The van der Waals surface area contributed by atoms with Crippen molar-refractivity contribution in [1.82, 2.24) is 9.66 Å². The summed E-state index contributed by atoms with van der Waals surface area (Å²) in [5.74, 6) is 0.0516. The van der Waals surface area contributed by atoms with Crippen LogP contribution >= 0.6 is 15.9 Å². The van der Waals surface area contributed by atoms with Crippen molar-refractivity contribution in [3.8, 4) is 5.75 Å². The highest BCUT2D eigenvalue weighted by molar-refractivity contribution is 9.10. The molecule has 144 valence electrons. The van der Waals surface area contributed by atoms with E-state index in [0.717, 1.165) is 10.9 Å². The third kappa shape index (κ3) is 3.79. The lowest BCUT2D eigenvalue weighted by molar-refractivity contribution is -0.385. The van der Waals surface area contributed by atoms with E-state index in [1.807, 2.05) is 19.9 Å². The van der Waals surface area contributed by atoms with Crippen molar-refractivity contribution in [2.45, 2.75) is 26.2 Å². The van der Waals surface area contributed by atoms with Crippen molar-refractivity contribution in [3.05, 3.63) is 72.7 Å². The number of fused-ring (bicyclic) bond motifs is 1. The molecule has 0 unspecified atom stereocenters. The maximum atomic E-state index is 13.0. The number of nitro groups is 1. The van der Waals surface area contributed by atoms with E-state index in [9.17, 15) is 20.0 Å². The molecule has 0 aliphatic carbocycles. The standard InChI is InChI=1S/C19H17BrN4O4/c1-3-11(2)18-22-15-6-5-13(20)9-14(15)19(26)23(18)21-10-12-4-7-17(25)16(8-12)24(27)28/h4-11,25H,3H2,1-2H3/t11-/m0/s1. The Hall–Kier alpha value is -3.07. The molecular weight excluding hydrogens is 428 g/mol. The molecule has 0 aliphatic heterocycles. The van der Waals surface area contributed by atoms with Crippen molar-refractivity contribution < 1.29 is 10.0 Å². The first-order valence-corrected chi connectivity index (χ1v) is 9.35. The minimum absolute atomic E-state index is 0.0212. The average molecular weight is 445 g/mol. The number of phenolic OH excluding ortho intramolecular Hbond substituents is 1. The summed E-state index contributed by atoms with van der Waals surface area (Å²) < 4.78 is 1.97. The van der Waals surface area contributed by atoms with Crippen LogP contribution in [0.2, 0.25) is 0 Å². The van der Waals surface area contributed by atoms with Gasteiger partial charge in [-0.1, -0.05) is 29.8 Å². The normalized spacial score (nSPS) is 12.5. The molecule has 0 radical (unpaired) electrons. The van der Waals surface area contributed by atoms with Crippen LogP contribution in [0.4, 0.5) is 5.69 Å². The molecule has 8 nitrogen and oxygen atoms in total. The summed E-state index contributed by atoms with van der Waals surface area (Å²) in [6.45, 7) is 3.93. The Morgan fingerprint density at radius 3 is 2.79 bits per heavy atom. The maximum absolute atomic E-state index is 13.0. The molecular formula is C19H17BrN4O4. The number of aromatic hydroxyl groups is 1. The number of benzene rings is 2. The number of rotatable bonds is 5. The van der Waals surface area contributed by atoms with E-state index >= 15 is 0 Å². The van der Waals surface area contributed by atoms with Crippen molar-refractivity contribution >= 4 is 38.7 Å². The Balaban J connectivity index is 2.17. The Kier molecular flexibility index (Phi) is 5.55. The fourth-order valence-corrected chi connectivity index (χ4v) is 3.03. The second kappa shape index (κ2) is 7.89. The van der Waals surface area contributed by atoms with Gasteiger partial charge in [0.15, 0.2) is 5.75 Å². The van der Waals surface area contributed by atoms with Gasteiger partial charge in [0.1, 0.15) is 5.82 Å². The summed E-state index contributed by atoms with van der Waals surface area (Å²) >= 11 is 3.35. The molecule has 0 saturated heterocycles. The largest absolute Gasteiger partial charge is 0.502 e. The van der Waals surface area contributed by atoms with Crippen LogP contribution in [0.1, 0.15) is 37.6 Å².